The third-order valence-corrected chi connectivity index (χ3v) is 3.92. The second kappa shape index (κ2) is 7.96. The number of benzene rings is 1. The minimum Gasteiger partial charge on any atom is -0.309 e. The van der Waals surface area contributed by atoms with Gasteiger partial charge in [-0.15, -0.1) is 0 Å². The molecule has 0 fully saturated rings. The number of hydrogen-bond acceptors (Lipinski definition) is 2. The Morgan fingerprint density at radius 1 is 1.41 bits per heavy atom. The predicted molar refractivity (Wildman–Crippen MR) is 75.4 cm³/mol. The first-order valence-corrected chi connectivity index (χ1v) is 7.48. The van der Waals surface area contributed by atoms with Crippen molar-refractivity contribution in [3.05, 3.63) is 34.6 Å². The largest absolute Gasteiger partial charge is 0.309 e. The van der Waals surface area contributed by atoms with E-state index in [0.717, 1.165) is 24.5 Å². The zero-order valence-electron chi connectivity index (χ0n) is 10.3. The first-order valence-electron chi connectivity index (χ1n) is 5.95. The fraction of sp³-hybridized carbons (Fsp3) is 0.538. The van der Waals surface area contributed by atoms with E-state index in [1.165, 1.54) is 6.07 Å². The highest BCUT2D eigenvalue weighted by molar-refractivity contribution is 7.99. The molecule has 0 amide bonds. The van der Waals surface area contributed by atoms with Crippen LogP contribution in [0.1, 0.15) is 31.9 Å². The van der Waals surface area contributed by atoms with Crippen LogP contribution in [0.4, 0.5) is 4.39 Å². The van der Waals surface area contributed by atoms with Crippen molar-refractivity contribution in [3.63, 3.8) is 0 Å². The number of rotatable bonds is 7. The third kappa shape index (κ3) is 4.86. The minimum atomic E-state index is -0.222. The van der Waals surface area contributed by atoms with E-state index in [1.54, 1.807) is 12.1 Å². The lowest BCUT2D eigenvalue weighted by molar-refractivity contribution is 0.545. The molecule has 0 spiro atoms. The molecule has 1 nitrogen and oxygen atoms in total. The normalized spacial score (nSPS) is 12.7. The molecule has 0 aliphatic carbocycles. The Balaban J connectivity index is 2.74. The summed E-state index contributed by atoms with van der Waals surface area (Å²) >= 11 is 7.61. The second-order valence-corrected chi connectivity index (χ2v) is 5.44. The van der Waals surface area contributed by atoms with Crippen LogP contribution in [-0.2, 0) is 0 Å². The molecule has 0 aliphatic heterocycles. The average molecular weight is 276 g/mol. The number of hydrogen-bond donors (Lipinski definition) is 1. The van der Waals surface area contributed by atoms with Gasteiger partial charge >= 0.3 is 0 Å². The van der Waals surface area contributed by atoms with Crippen molar-refractivity contribution in [1.82, 2.24) is 5.32 Å². The summed E-state index contributed by atoms with van der Waals surface area (Å²) < 4.78 is 13.8. The Hall–Kier alpha value is -0.250. The van der Waals surface area contributed by atoms with Gasteiger partial charge in [0, 0.05) is 22.4 Å². The van der Waals surface area contributed by atoms with Crippen molar-refractivity contribution < 1.29 is 4.39 Å². The van der Waals surface area contributed by atoms with E-state index in [-0.39, 0.29) is 11.9 Å². The maximum Gasteiger partial charge on any atom is 0.129 e. The van der Waals surface area contributed by atoms with E-state index in [1.807, 2.05) is 18.7 Å². The summed E-state index contributed by atoms with van der Waals surface area (Å²) in [7, 11) is 0. The molecule has 1 aromatic carbocycles. The topological polar surface area (TPSA) is 12.0 Å². The van der Waals surface area contributed by atoms with Crippen LogP contribution in [0, 0.1) is 5.82 Å². The molecule has 0 saturated carbocycles. The van der Waals surface area contributed by atoms with Gasteiger partial charge in [-0.3, -0.25) is 0 Å². The summed E-state index contributed by atoms with van der Waals surface area (Å²) in [4.78, 5) is 0. The van der Waals surface area contributed by atoms with Crippen molar-refractivity contribution in [2.24, 2.45) is 0 Å². The lowest BCUT2D eigenvalue weighted by atomic mass is 10.1. The van der Waals surface area contributed by atoms with Gasteiger partial charge in [0.2, 0.25) is 0 Å². The van der Waals surface area contributed by atoms with Crippen LogP contribution < -0.4 is 5.32 Å². The van der Waals surface area contributed by atoms with Gasteiger partial charge in [0.1, 0.15) is 5.82 Å². The van der Waals surface area contributed by atoms with Gasteiger partial charge in [-0.25, -0.2) is 4.39 Å². The lowest BCUT2D eigenvalue weighted by Crippen LogP contribution is -2.24. The van der Waals surface area contributed by atoms with Gasteiger partial charge in [0.05, 0.1) is 0 Å². The van der Waals surface area contributed by atoms with Crippen LogP contribution in [0.5, 0.6) is 0 Å². The monoisotopic (exact) mass is 275 g/mol. The summed E-state index contributed by atoms with van der Waals surface area (Å²) in [6.45, 7) is 5.02. The molecule has 0 heterocycles. The summed E-state index contributed by atoms with van der Waals surface area (Å²) in [6, 6.07) is 4.96. The summed E-state index contributed by atoms with van der Waals surface area (Å²) in [5, 5.41) is 3.76. The van der Waals surface area contributed by atoms with Gasteiger partial charge in [-0.05, 0) is 30.9 Å². The zero-order valence-corrected chi connectivity index (χ0v) is 11.9. The third-order valence-electron chi connectivity index (χ3n) is 2.42. The van der Waals surface area contributed by atoms with Crippen LogP contribution in [-0.4, -0.2) is 18.1 Å². The fourth-order valence-corrected chi connectivity index (χ4v) is 2.78. The van der Waals surface area contributed by atoms with Crippen LogP contribution in [0.2, 0.25) is 5.02 Å². The molecule has 0 aromatic heterocycles. The zero-order chi connectivity index (χ0) is 12.7. The first-order chi connectivity index (χ1) is 8.19. The fourth-order valence-electron chi connectivity index (χ4n) is 1.63. The van der Waals surface area contributed by atoms with Crippen LogP contribution in [0.3, 0.4) is 0 Å². The van der Waals surface area contributed by atoms with Crippen molar-refractivity contribution in [2.75, 3.05) is 18.1 Å². The predicted octanol–water partition coefficient (Wildman–Crippen LogP) is 4.27. The molecule has 1 aromatic rings. The standard InChI is InChI=1S/C13H19ClFNS/c1-3-7-17-9-13(16-4-2)11-6-5-10(14)8-12(11)15/h5-6,8,13,16H,3-4,7,9H2,1-2H3. The molecule has 1 atom stereocenters. The van der Waals surface area contributed by atoms with Crippen molar-refractivity contribution in [2.45, 2.75) is 26.3 Å². The van der Waals surface area contributed by atoms with Crippen LogP contribution >= 0.6 is 23.4 Å². The summed E-state index contributed by atoms with van der Waals surface area (Å²) in [5.41, 5.74) is 0.708. The first kappa shape index (κ1) is 14.8. The molecule has 4 heteroatoms. The molecule has 0 radical (unpaired) electrons. The van der Waals surface area contributed by atoms with E-state index < -0.39 is 0 Å². The maximum absolute atomic E-state index is 13.8. The molecule has 1 N–H and O–H groups in total. The van der Waals surface area contributed by atoms with Gasteiger partial charge in [-0.1, -0.05) is 31.5 Å². The molecule has 1 rings (SSSR count). The molecule has 17 heavy (non-hydrogen) atoms. The Morgan fingerprint density at radius 2 is 2.18 bits per heavy atom. The molecule has 0 saturated heterocycles. The Bertz CT molecular complexity index is 346. The molecule has 0 aliphatic rings. The van der Waals surface area contributed by atoms with E-state index >= 15 is 0 Å². The maximum atomic E-state index is 13.8. The van der Waals surface area contributed by atoms with E-state index in [0.29, 0.717) is 10.6 Å². The second-order valence-electron chi connectivity index (χ2n) is 3.85. The molecular weight excluding hydrogens is 257 g/mol. The SMILES string of the molecule is CCCSCC(NCC)c1ccc(Cl)cc1F. The summed E-state index contributed by atoms with van der Waals surface area (Å²) in [6.07, 6.45) is 1.15. The van der Waals surface area contributed by atoms with Crippen LogP contribution in [0.15, 0.2) is 18.2 Å². The van der Waals surface area contributed by atoms with Crippen molar-refractivity contribution in [1.29, 1.82) is 0 Å². The highest BCUT2D eigenvalue weighted by atomic mass is 35.5. The molecule has 1 unspecified atom stereocenters. The van der Waals surface area contributed by atoms with E-state index in [9.17, 15) is 4.39 Å². The highest BCUT2D eigenvalue weighted by Gasteiger charge is 2.14. The Labute approximate surface area is 112 Å². The van der Waals surface area contributed by atoms with E-state index in [2.05, 4.69) is 12.2 Å². The smallest absolute Gasteiger partial charge is 0.129 e. The highest BCUT2D eigenvalue weighted by Crippen LogP contribution is 2.24. The van der Waals surface area contributed by atoms with Gasteiger partial charge in [0.15, 0.2) is 0 Å². The van der Waals surface area contributed by atoms with Crippen molar-refractivity contribution >= 4 is 23.4 Å². The Morgan fingerprint density at radius 3 is 2.76 bits per heavy atom. The van der Waals surface area contributed by atoms with Crippen LogP contribution in [0.25, 0.3) is 0 Å². The minimum absolute atomic E-state index is 0.0637. The molecule has 0 bridgehead atoms. The Kier molecular flexibility index (Phi) is 6.93. The summed E-state index contributed by atoms with van der Waals surface area (Å²) in [5.74, 6) is 1.78. The average Bonchev–Trinajstić information content (AvgIpc) is 2.28. The molecule has 96 valence electrons. The quantitative estimate of drug-likeness (QED) is 0.746. The van der Waals surface area contributed by atoms with E-state index in [4.69, 9.17) is 11.6 Å². The van der Waals surface area contributed by atoms with Crippen molar-refractivity contribution in [3.8, 4) is 0 Å². The lowest BCUT2D eigenvalue weighted by Gasteiger charge is -2.18. The van der Waals surface area contributed by atoms with Gasteiger partial charge in [-0.2, -0.15) is 11.8 Å². The number of thioether (sulfide) groups is 1. The van der Waals surface area contributed by atoms with Gasteiger partial charge in [0.25, 0.3) is 0 Å². The molecular formula is C13H19ClFNS. The number of halogens is 2. The number of nitrogens with one attached hydrogen (secondary N) is 1. The van der Waals surface area contributed by atoms with Gasteiger partial charge < -0.3 is 5.32 Å².